The molecule has 14 heavy (non-hydrogen) atoms. The summed E-state index contributed by atoms with van der Waals surface area (Å²) >= 11 is 0. The number of piperidine rings is 1. The van der Waals surface area contributed by atoms with E-state index in [9.17, 15) is 0 Å². The van der Waals surface area contributed by atoms with E-state index >= 15 is 0 Å². The predicted molar refractivity (Wildman–Crippen MR) is 58.9 cm³/mol. The van der Waals surface area contributed by atoms with E-state index in [1.165, 1.54) is 12.8 Å². The zero-order valence-corrected chi connectivity index (χ0v) is 9.71. The van der Waals surface area contributed by atoms with E-state index in [2.05, 4.69) is 31.7 Å². The van der Waals surface area contributed by atoms with Crippen LogP contribution in [0.15, 0.2) is 0 Å². The molecule has 0 atom stereocenters. The van der Waals surface area contributed by atoms with Crippen LogP contribution in [0.5, 0.6) is 0 Å². The van der Waals surface area contributed by atoms with Crippen molar-refractivity contribution in [2.75, 3.05) is 13.1 Å². The molecule has 0 aromatic rings. The lowest BCUT2D eigenvalue weighted by Gasteiger charge is -2.42. The lowest BCUT2D eigenvalue weighted by Crippen LogP contribution is -2.47. The van der Waals surface area contributed by atoms with E-state index in [0.29, 0.717) is 11.5 Å². The van der Waals surface area contributed by atoms with Crippen LogP contribution in [0.3, 0.4) is 0 Å². The largest absolute Gasteiger partial charge is 0.298 e. The SMILES string of the molecule is CCCC(C)(C)N1CCC(C#N)CC1. The minimum atomic E-state index is 0.309. The maximum atomic E-state index is 8.81. The third kappa shape index (κ3) is 2.72. The van der Waals surface area contributed by atoms with Gasteiger partial charge >= 0.3 is 0 Å². The molecule has 0 radical (unpaired) electrons. The van der Waals surface area contributed by atoms with E-state index in [0.717, 1.165) is 25.9 Å². The van der Waals surface area contributed by atoms with Gasteiger partial charge in [-0.3, -0.25) is 4.90 Å². The van der Waals surface area contributed by atoms with Gasteiger partial charge in [0.15, 0.2) is 0 Å². The van der Waals surface area contributed by atoms with Gasteiger partial charge in [-0.05, 0) is 46.2 Å². The van der Waals surface area contributed by atoms with Crippen molar-refractivity contribution in [3.63, 3.8) is 0 Å². The fraction of sp³-hybridized carbons (Fsp3) is 0.917. The fourth-order valence-electron chi connectivity index (χ4n) is 2.38. The highest BCUT2D eigenvalue weighted by atomic mass is 15.2. The molecule has 2 nitrogen and oxygen atoms in total. The number of nitriles is 1. The summed E-state index contributed by atoms with van der Waals surface area (Å²) in [5.41, 5.74) is 0.329. The Balaban J connectivity index is 2.45. The second-order valence-corrected chi connectivity index (χ2v) is 4.95. The van der Waals surface area contributed by atoms with Crippen LogP contribution in [0.2, 0.25) is 0 Å². The van der Waals surface area contributed by atoms with Crippen LogP contribution in [0.25, 0.3) is 0 Å². The van der Waals surface area contributed by atoms with Crippen molar-refractivity contribution < 1.29 is 0 Å². The maximum Gasteiger partial charge on any atom is 0.0656 e. The van der Waals surface area contributed by atoms with E-state index in [1.807, 2.05) is 0 Å². The molecule has 0 aliphatic carbocycles. The molecular formula is C12H22N2. The van der Waals surface area contributed by atoms with Crippen molar-refractivity contribution in [2.45, 2.75) is 52.0 Å². The van der Waals surface area contributed by atoms with Crippen molar-refractivity contribution in [1.29, 1.82) is 5.26 Å². The molecule has 1 aliphatic heterocycles. The Labute approximate surface area is 87.9 Å². The molecular weight excluding hydrogens is 172 g/mol. The van der Waals surface area contributed by atoms with E-state index in [4.69, 9.17) is 5.26 Å². The lowest BCUT2D eigenvalue weighted by atomic mass is 9.90. The first kappa shape index (κ1) is 11.5. The summed E-state index contributed by atoms with van der Waals surface area (Å²) in [7, 11) is 0. The smallest absolute Gasteiger partial charge is 0.0656 e. The van der Waals surface area contributed by atoms with Gasteiger partial charge in [-0.15, -0.1) is 0 Å². The number of hydrogen-bond donors (Lipinski definition) is 0. The quantitative estimate of drug-likeness (QED) is 0.690. The van der Waals surface area contributed by atoms with Crippen LogP contribution in [0, 0.1) is 17.2 Å². The molecule has 0 N–H and O–H groups in total. The highest BCUT2D eigenvalue weighted by Crippen LogP contribution is 2.26. The molecule has 1 heterocycles. The van der Waals surface area contributed by atoms with Gasteiger partial charge in [-0.1, -0.05) is 13.3 Å². The molecule has 0 bridgehead atoms. The molecule has 1 saturated heterocycles. The highest BCUT2D eigenvalue weighted by Gasteiger charge is 2.29. The third-order valence-corrected chi connectivity index (χ3v) is 3.40. The Kier molecular flexibility index (Phi) is 3.95. The van der Waals surface area contributed by atoms with E-state index < -0.39 is 0 Å². The van der Waals surface area contributed by atoms with Gasteiger partial charge in [0, 0.05) is 11.5 Å². The van der Waals surface area contributed by atoms with Gasteiger partial charge in [0.2, 0.25) is 0 Å². The Hall–Kier alpha value is -0.550. The maximum absolute atomic E-state index is 8.81. The molecule has 0 amide bonds. The van der Waals surface area contributed by atoms with Crippen LogP contribution >= 0.6 is 0 Å². The summed E-state index contributed by atoms with van der Waals surface area (Å²) in [4.78, 5) is 2.55. The monoisotopic (exact) mass is 194 g/mol. The minimum Gasteiger partial charge on any atom is -0.298 e. The highest BCUT2D eigenvalue weighted by molar-refractivity contribution is 4.91. The van der Waals surface area contributed by atoms with Gasteiger partial charge < -0.3 is 0 Å². The zero-order chi connectivity index (χ0) is 10.6. The van der Waals surface area contributed by atoms with Gasteiger partial charge in [0.1, 0.15) is 0 Å². The summed E-state index contributed by atoms with van der Waals surface area (Å²) in [5, 5.41) is 8.81. The molecule has 0 unspecified atom stereocenters. The molecule has 0 aromatic carbocycles. The van der Waals surface area contributed by atoms with Crippen LogP contribution in [-0.2, 0) is 0 Å². The molecule has 0 spiro atoms. The molecule has 2 heteroatoms. The van der Waals surface area contributed by atoms with Crippen molar-refractivity contribution in [1.82, 2.24) is 4.90 Å². The first-order chi connectivity index (χ1) is 6.60. The molecule has 0 saturated carbocycles. The first-order valence-corrected chi connectivity index (χ1v) is 5.75. The number of likely N-dealkylation sites (tertiary alicyclic amines) is 1. The normalized spacial score (nSPS) is 20.7. The third-order valence-electron chi connectivity index (χ3n) is 3.40. The van der Waals surface area contributed by atoms with E-state index in [1.54, 1.807) is 0 Å². The first-order valence-electron chi connectivity index (χ1n) is 5.75. The van der Waals surface area contributed by atoms with E-state index in [-0.39, 0.29) is 0 Å². The van der Waals surface area contributed by atoms with Crippen LogP contribution in [0.4, 0.5) is 0 Å². The Bertz CT molecular complexity index is 207. The molecule has 80 valence electrons. The van der Waals surface area contributed by atoms with Crippen molar-refractivity contribution in [3.05, 3.63) is 0 Å². The summed E-state index contributed by atoms with van der Waals surface area (Å²) in [5.74, 6) is 0.309. The van der Waals surface area contributed by atoms with Crippen molar-refractivity contribution in [2.24, 2.45) is 5.92 Å². The second kappa shape index (κ2) is 4.79. The van der Waals surface area contributed by atoms with Crippen LogP contribution in [-0.4, -0.2) is 23.5 Å². The lowest BCUT2D eigenvalue weighted by molar-refractivity contribution is 0.0769. The topological polar surface area (TPSA) is 27.0 Å². The minimum absolute atomic E-state index is 0.309. The van der Waals surface area contributed by atoms with Crippen LogP contribution in [0.1, 0.15) is 46.5 Å². The number of rotatable bonds is 3. The van der Waals surface area contributed by atoms with Gasteiger partial charge in [0.25, 0.3) is 0 Å². The molecule has 1 fully saturated rings. The van der Waals surface area contributed by atoms with Gasteiger partial charge in [-0.25, -0.2) is 0 Å². The standard InChI is InChI=1S/C12H22N2/c1-4-7-12(2,3)14-8-5-11(10-13)6-9-14/h11H,4-9H2,1-3H3. The van der Waals surface area contributed by atoms with Crippen molar-refractivity contribution >= 4 is 0 Å². The molecule has 1 rings (SSSR count). The predicted octanol–water partition coefficient (Wildman–Crippen LogP) is 2.80. The van der Waals surface area contributed by atoms with Crippen LogP contribution < -0.4 is 0 Å². The average molecular weight is 194 g/mol. The number of nitrogens with zero attached hydrogens (tertiary/aromatic N) is 2. The average Bonchev–Trinajstić information content (AvgIpc) is 2.18. The van der Waals surface area contributed by atoms with Gasteiger partial charge in [0.05, 0.1) is 6.07 Å². The second-order valence-electron chi connectivity index (χ2n) is 4.95. The summed E-state index contributed by atoms with van der Waals surface area (Å²) < 4.78 is 0. The molecule has 1 aliphatic rings. The summed E-state index contributed by atoms with van der Waals surface area (Å²) in [6.07, 6.45) is 4.61. The van der Waals surface area contributed by atoms with Gasteiger partial charge in [-0.2, -0.15) is 5.26 Å². The fourth-order valence-corrected chi connectivity index (χ4v) is 2.38. The Morgan fingerprint density at radius 3 is 2.36 bits per heavy atom. The molecule has 0 aromatic heterocycles. The Morgan fingerprint density at radius 1 is 1.36 bits per heavy atom. The van der Waals surface area contributed by atoms with Crippen molar-refractivity contribution in [3.8, 4) is 6.07 Å². The summed E-state index contributed by atoms with van der Waals surface area (Å²) in [6, 6.07) is 2.38. The Morgan fingerprint density at radius 2 is 1.93 bits per heavy atom. The number of hydrogen-bond acceptors (Lipinski definition) is 2. The summed E-state index contributed by atoms with van der Waals surface area (Å²) in [6.45, 7) is 9.09. The zero-order valence-electron chi connectivity index (χ0n) is 9.71.